The van der Waals surface area contributed by atoms with Crippen LogP contribution in [0.5, 0.6) is 11.5 Å². The minimum Gasteiger partial charge on any atom is -0.454 e. The first-order chi connectivity index (χ1) is 17.4. The normalized spacial score (nSPS) is 15.8. The zero-order valence-electron chi connectivity index (χ0n) is 20.5. The van der Waals surface area contributed by atoms with Crippen LogP contribution in [-0.4, -0.2) is 36.4 Å². The Morgan fingerprint density at radius 2 is 1.72 bits per heavy atom. The van der Waals surface area contributed by atoms with Crippen LogP contribution < -0.4 is 20.1 Å². The Labute approximate surface area is 210 Å². The molecule has 0 radical (unpaired) electrons. The molecule has 1 heterocycles. The van der Waals surface area contributed by atoms with E-state index in [0.717, 1.165) is 40.8 Å². The highest BCUT2D eigenvalue weighted by molar-refractivity contribution is 6.02. The number of hydrogen-bond donors (Lipinski definition) is 3. The van der Waals surface area contributed by atoms with E-state index >= 15 is 0 Å². The van der Waals surface area contributed by atoms with Crippen molar-refractivity contribution in [3.63, 3.8) is 0 Å². The molecule has 0 saturated heterocycles. The molecule has 0 unspecified atom stereocenters. The maximum absolute atomic E-state index is 13.4. The second-order valence-corrected chi connectivity index (χ2v) is 9.53. The van der Waals surface area contributed by atoms with E-state index in [2.05, 4.69) is 10.6 Å². The molecule has 2 aliphatic rings. The van der Waals surface area contributed by atoms with Gasteiger partial charge in [0.25, 0.3) is 5.91 Å². The number of carbonyl (C=O) groups excluding carboxylic acids is 2. The summed E-state index contributed by atoms with van der Waals surface area (Å²) < 4.78 is 10.9. The monoisotopic (exact) mass is 486 g/mol. The lowest BCUT2D eigenvalue weighted by atomic mass is 9.94. The van der Waals surface area contributed by atoms with Gasteiger partial charge in [-0.3, -0.25) is 9.59 Å². The van der Waals surface area contributed by atoms with Gasteiger partial charge in [0.2, 0.25) is 12.7 Å². The van der Waals surface area contributed by atoms with E-state index in [9.17, 15) is 14.7 Å². The smallest absolute Gasteiger partial charge is 0.251 e. The number of aliphatic hydroxyl groups excluding tert-OH is 1. The number of aryl methyl sites for hydroxylation is 1. The average Bonchev–Trinajstić information content (AvgIpc) is 3.57. The highest BCUT2D eigenvalue weighted by Gasteiger charge is 2.51. The second-order valence-electron chi connectivity index (χ2n) is 9.53. The number of rotatable bonds is 8. The van der Waals surface area contributed by atoms with Gasteiger partial charge in [-0.15, -0.1) is 0 Å². The molecule has 3 N–H and O–H groups in total. The van der Waals surface area contributed by atoms with Gasteiger partial charge < -0.3 is 25.2 Å². The van der Waals surface area contributed by atoms with Crippen molar-refractivity contribution in [1.82, 2.24) is 5.32 Å². The Balaban J connectivity index is 1.32. The summed E-state index contributed by atoms with van der Waals surface area (Å²) in [6.07, 6.45) is 2.24. The van der Waals surface area contributed by atoms with E-state index in [1.54, 1.807) is 12.1 Å². The summed E-state index contributed by atoms with van der Waals surface area (Å²) in [4.78, 5) is 25.8. The first kappa shape index (κ1) is 23.9. The van der Waals surface area contributed by atoms with E-state index < -0.39 is 5.41 Å². The van der Waals surface area contributed by atoms with Gasteiger partial charge in [0.1, 0.15) is 0 Å². The van der Waals surface area contributed by atoms with Crippen LogP contribution in [0.1, 0.15) is 47.7 Å². The second kappa shape index (κ2) is 9.66. The maximum atomic E-state index is 13.4. The minimum absolute atomic E-state index is 0.0284. The number of nitrogens with one attached hydrogen (secondary N) is 2. The summed E-state index contributed by atoms with van der Waals surface area (Å²) in [5, 5.41) is 15.3. The van der Waals surface area contributed by atoms with Crippen LogP contribution >= 0.6 is 0 Å². The van der Waals surface area contributed by atoms with Crippen LogP contribution in [0.4, 0.5) is 5.69 Å². The Morgan fingerprint density at radius 1 is 0.972 bits per heavy atom. The Morgan fingerprint density at radius 3 is 2.42 bits per heavy atom. The Hall–Kier alpha value is -3.84. The molecule has 7 nitrogen and oxygen atoms in total. The van der Waals surface area contributed by atoms with Gasteiger partial charge in [-0.2, -0.15) is 0 Å². The molecule has 1 saturated carbocycles. The lowest BCUT2D eigenvalue weighted by molar-refractivity contribution is -0.118. The van der Waals surface area contributed by atoms with E-state index in [1.165, 1.54) is 0 Å². The Bertz CT molecular complexity index is 1290. The standard InChI is InChI=1S/C29H30N2O5/c1-3-23(16-32)30-27(33)20-6-4-19(5-7-20)21-12-18(2)13-24(14-21)31-28(34)29(10-11-29)22-8-9-25-26(15-22)36-17-35-25/h4-9,12-15,23,32H,3,10-11,16-17H2,1-2H3,(H,30,33)(H,31,34)/t23-/m0/s1. The molecule has 0 bridgehead atoms. The van der Waals surface area contributed by atoms with Crippen LogP contribution in [0.15, 0.2) is 60.7 Å². The van der Waals surface area contributed by atoms with Gasteiger partial charge in [-0.05, 0) is 84.8 Å². The Kier molecular flexibility index (Phi) is 6.41. The molecule has 2 amide bonds. The van der Waals surface area contributed by atoms with Gasteiger partial charge in [0.05, 0.1) is 18.1 Å². The summed E-state index contributed by atoms with van der Waals surface area (Å²) in [6.45, 7) is 4.02. The highest BCUT2D eigenvalue weighted by atomic mass is 16.7. The number of amides is 2. The van der Waals surface area contributed by atoms with Gasteiger partial charge in [0, 0.05) is 11.3 Å². The van der Waals surface area contributed by atoms with Gasteiger partial charge in [-0.1, -0.05) is 31.2 Å². The summed E-state index contributed by atoms with van der Waals surface area (Å²) in [7, 11) is 0. The lowest BCUT2D eigenvalue weighted by Crippen LogP contribution is -2.36. The number of fused-ring (bicyclic) bond motifs is 1. The number of benzene rings is 3. The van der Waals surface area contributed by atoms with Crippen molar-refractivity contribution < 1.29 is 24.2 Å². The van der Waals surface area contributed by atoms with Gasteiger partial charge in [-0.25, -0.2) is 0 Å². The van der Waals surface area contributed by atoms with Crippen molar-refractivity contribution in [3.8, 4) is 22.6 Å². The first-order valence-electron chi connectivity index (χ1n) is 12.3. The molecule has 5 rings (SSSR count). The van der Waals surface area contributed by atoms with E-state index in [0.29, 0.717) is 23.5 Å². The van der Waals surface area contributed by atoms with Crippen molar-refractivity contribution in [2.24, 2.45) is 0 Å². The molecule has 1 fully saturated rings. The zero-order chi connectivity index (χ0) is 25.3. The zero-order valence-corrected chi connectivity index (χ0v) is 20.5. The SMILES string of the molecule is CC[C@@H](CO)NC(=O)c1ccc(-c2cc(C)cc(NC(=O)C3(c4ccc5c(c4)OCO5)CC3)c2)cc1. The average molecular weight is 487 g/mol. The molecule has 1 aliphatic heterocycles. The lowest BCUT2D eigenvalue weighted by Gasteiger charge is -2.17. The third kappa shape index (κ3) is 4.66. The summed E-state index contributed by atoms with van der Waals surface area (Å²) in [5.74, 6) is 1.15. The summed E-state index contributed by atoms with van der Waals surface area (Å²) in [6, 6.07) is 18.8. The van der Waals surface area contributed by atoms with Crippen molar-refractivity contribution in [2.75, 3.05) is 18.7 Å². The van der Waals surface area contributed by atoms with E-state index in [4.69, 9.17) is 9.47 Å². The molecule has 36 heavy (non-hydrogen) atoms. The first-order valence-corrected chi connectivity index (χ1v) is 12.3. The fraction of sp³-hybridized carbons (Fsp3) is 0.310. The van der Waals surface area contributed by atoms with Crippen molar-refractivity contribution in [2.45, 2.75) is 44.6 Å². The third-order valence-electron chi connectivity index (χ3n) is 6.97. The molecule has 0 aromatic heterocycles. The fourth-order valence-electron chi connectivity index (χ4n) is 4.60. The molecule has 1 atom stereocenters. The quantitative estimate of drug-likeness (QED) is 0.434. The molecule has 1 aliphatic carbocycles. The fourth-order valence-corrected chi connectivity index (χ4v) is 4.60. The summed E-state index contributed by atoms with van der Waals surface area (Å²) in [5.41, 5.74) is 4.57. The van der Waals surface area contributed by atoms with Crippen LogP contribution in [-0.2, 0) is 10.2 Å². The van der Waals surface area contributed by atoms with E-state index in [1.807, 2.05) is 62.4 Å². The van der Waals surface area contributed by atoms with Crippen LogP contribution in [0, 0.1) is 6.92 Å². The van der Waals surface area contributed by atoms with Crippen molar-refractivity contribution in [1.29, 1.82) is 0 Å². The number of carbonyl (C=O) groups is 2. The minimum atomic E-state index is -0.551. The molecule has 3 aromatic carbocycles. The third-order valence-corrected chi connectivity index (χ3v) is 6.97. The molecule has 0 spiro atoms. The maximum Gasteiger partial charge on any atom is 0.251 e. The van der Waals surface area contributed by atoms with Crippen LogP contribution in [0.3, 0.4) is 0 Å². The largest absolute Gasteiger partial charge is 0.454 e. The van der Waals surface area contributed by atoms with Crippen LogP contribution in [0.25, 0.3) is 11.1 Å². The van der Waals surface area contributed by atoms with Gasteiger partial charge in [0.15, 0.2) is 11.5 Å². The van der Waals surface area contributed by atoms with Gasteiger partial charge >= 0.3 is 0 Å². The predicted molar refractivity (Wildman–Crippen MR) is 137 cm³/mol. The summed E-state index contributed by atoms with van der Waals surface area (Å²) >= 11 is 0. The van der Waals surface area contributed by atoms with Crippen molar-refractivity contribution in [3.05, 3.63) is 77.4 Å². The molecule has 186 valence electrons. The number of hydrogen-bond acceptors (Lipinski definition) is 5. The number of ether oxygens (including phenoxy) is 2. The molecule has 3 aromatic rings. The predicted octanol–water partition coefficient (Wildman–Crippen LogP) is 4.56. The van der Waals surface area contributed by atoms with Crippen LogP contribution in [0.2, 0.25) is 0 Å². The van der Waals surface area contributed by atoms with E-state index in [-0.39, 0.29) is 31.3 Å². The number of anilines is 1. The number of aliphatic hydroxyl groups is 1. The molecule has 7 heteroatoms. The van der Waals surface area contributed by atoms with Crippen molar-refractivity contribution >= 4 is 17.5 Å². The molecular weight excluding hydrogens is 456 g/mol. The highest BCUT2D eigenvalue weighted by Crippen LogP contribution is 2.51. The molecular formula is C29H30N2O5. The topological polar surface area (TPSA) is 96.9 Å².